The summed E-state index contributed by atoms with van der Waals surface area (Å²) in [6, 6.07) is 7.97. The van der Waals surface area contributed by atoms with Crippen LogP contribution in [0.25, 0.3) is 0 Å². The van der Waals surface area contributed by atoms with Crippen LogP contribution in [-0.4, -0.2) is 28.8 Å². The minimum Gasteiger partial charge on any atom is -0.506 e. The Hall–Kier alpha value is -3.25. The third-order valence-corrected chi connectivity index (χ3v) is 4.00. The van der Waals surface area contributed by atoms with Crippen LogP contribution in [0.1, 0.15) is 0 Å². The SMILES string of the molecule is CNc1cc(O)c(N=C2C=CC(=O)C=C2)cc1Nc1ccc(O)c(Cl)c1. The number of phenolic OH excluding ortho intramolecular Hbond substituents is 2. The highest BCUT2D eigenvalue weighted by molar-refractivity contribution is 6.32. The number of carbonyl (C=O) groups is 1. The lowest BCUT2D eigenvalue weighted by atomic mass is 10.1. The summed E-state index contributed by atoms with van der Waals surface area (Å²) in [5, 5.41) is 26.2. The molecule has 0 atom stereocenters. The Kier molecular flexibility index (Phi) is 4.95. The van der Waals surface area contributed by atoms with E-state index in [1.165, 1.54) is 18.2 Å². The molecule has 4 N–H and O–H groups in total. The van der Waals surface area contributed by atoms with E-state index in [2.05, 4.69) is 15.6 Å². The summed E-state index contributed by atoms with van der Waals surface area (Å²) in [4.78, 5) is 15.6. The van der Waals surface area contributed by atoms with Gasteiger partial charge in [-0.2, -0.15) is 0 Å². The van der Waals surface area contributed by atoms with Gasteiger partial charge in [0.15, 0.2) is 5.78 Å². The van der Waals surface area contributed by atoms with Crippen molar-refractivity contribution < 1.29 is 15.0 Å². The highest BCUT2D eigenvalue weighted by Gasteiger charge is 2.11. The number of aliphatic imine (C=N–C) groups is 1. The van der Waals surface area contributed by atoms with Crippen LogP contribution in [0.2, 0.25) is 5.02 Å². The Morgan fingerprint density at radius 1 is 0.962 bits per heavy atom. The highest BCUT2D eigenvalue weighted by atomic mass is 35.5. The number of allylic oxidation sites excluding steroid dienone is 4. The molecule has 3 rings (SSSR count). The third-order valence-electron chi connectivity index (χ3n) is 3.70. The number of phenols is 2. The average molecular weight is 370 g/mol. The molecule has 0 aliphatic heterocycles. The van der Waals surface area contributed by atoms with E-state index in [0.29, 0.717) is 28.5 Å². The van der Waals surface area contributed by atoms with E-state index in [1.54, 1.807) is 43.5 Å². The van der Waals surface area contributed by atoms with Crippen LogP contribution in [0.15, 0.2) is 59.6 Å². The number of hydrogen-bond acceptors (Lipinski definition) is 6. The summed E-state index contributed by atoms with van der Waals surface area (Å²) in [7, 11) is 1.73. The van der Waals surface area contributed by atoms with Gasteiger partial charge in [0.2, 0.25) is 0 Å². The molecule has 1 aliphatic carbocycles. The van der Waals surface area contributed by atoms with Gasteiger partial charge in [-0.1, -0.05) is 11.6 Å². The molecule has 2 aromatic carbocycles. The fraction of sp³-hybridized carbons (Fsp3) is 0.0526. The number of nitrogens with zero attached hydrogens (tertiary/aromatic N) is 1. The van der Waals surface area contributed by atoms with Crippen molar-refractivity contribution in [2.24, 2.45) is 4.99 Å². The lowest BCUT2D eigenvalue weighted by molar-refractivity contribution is -0.110. The number of nitrogens with one attached hydrogen (secondary N) is 2. The van der Waals surface area contributed by atoms with Crippen molar-refractivity contribution in [3.8, 4) is 11.5 Å². The molecule has 0 heterocycles. The molecule has 0 saturated heterocycles. The average Bonchev–Trinajstić information content (AvgIpc) is 2.62. The number of ketones is 1. The number of halogens is 1. The van der Waals surface area contributed by atoms with Gasteiger partial charge in [-0.05, 0) is 48.6 Å². The van der Waals surface area contributed by atoms with Gasteiger partial charge in [0, 0.05) is 18.8 Å². The van der Waals surface area contributed by atoms with Gasteiger partial charge >= 0.3 is 0 Å². The van der Waals surface area contributed by atoms with Gasteiger partial charge in [-0.3, -0.25) is 4.79 Å². The lowest BCUT2D eigenvalue weighted by Crippen LogP contribution is -1.99. The van der Waals surface area contributed by atoms with Gasteiger partial charge in [0.1, 0.15) is 17.2 Å². The van der Waals surface area contributed by atoms with Crippen LogP contribution in [0.3, 0.4) is 0 Å². The minimum atomic E-state index is -0.106. The van der Waals surface area contributed by atoms with Crippen LogP contribution in [0.4, 0.5) is 22.7 Å². The molecule has 132 valence electrons. The van der Waals surface area contributed by atoms with Gasteiger partial charge in [0.05, 0.1) is 22.1 Å². The maximum Gasteiger partial charge on any atom is 0.178 e. The van der Waals surface area contributed by atoms with E-state index in [9.17, 15) is 15.0 Å². The molecule has 0 aromatic heterocycles. The van der Waals surface area contributed by atoms with Crippen molar-refractivity contribution in [3.63, 3.8) is 0 Å². The van der Waals surface area contributed by atoms with E-state index in [1.807, 2.05) is 0 Å². The molecule has 0 unspecified atom stereocenters. The zero-order valence-corrected chi connectivity index (χ0v) is 14.6. The standard InChI is InChI=1S/C19H16ClN3O3/c1-21-15-10-19(26)17(22-11-2-5-13(24)6-3-11)9-16(15)23-12-4-7-18(25)14(20)8-12/h2-10,21,23,25-26H,1H3. The zero-order valence-electron chi connectivity index (χ0n) is 13.8. The molecular weight excluding hydrogens is 354 g/mol. The molecule has 2 aromatic rings. The molecule has 0 saturated carbocycles. The predicted octanol–water partition coefficient (Wildman–Crippen LogP) is 4.30. The molecule has 0 amide bonds. The Balaban J connectivity index is 1.98. The maximum absolute atomic E-state index is 11.2. The molecule has 26 heavy (non-hydrogen) atoms. The monoisotopic (exact) mass is 369 g/mol. The van der Waals surface area contributed by atoms with Crippen LogP contribution in [0, 0.1) is 0 Å². The maximum atomic E-state index is 11.2. The summed E-state index contributed by atoms with van der Waals surface area (Å²) in [6.07, 6.45) is 5.99. The van der Waals surface area contributed by atoms with Crippen LogP contribution in [-0.2, 0) is 4.79 Å². The van der Waals surface area contributed by atoms with Crippen molar-refractivity contribution in [2.45, 2.75) is 0 Å². The summed E-state index contributed by atoms with van der Waals surface area (Å²) in [6.45, 7) is 0. The van der Waals surface area contributed by atoms with Crippen LogP contribution >= 0.6 is 11.6 Å². The second-order valence-electron chi connectivity index (χ2n) is 5.53. The first-order chi connectivity index (χ1) is 12.5. The minimum absolute atomic E-state index is 0.00478. The normalized spacial score (nSPS) is 13.0. The Bertz CT molecular complexity index is 947. The van der Waals surface area contributed by atoms with Crippen molar-refractivity contribution in [2.75, 3.05) is 17.7 Å². The van der Waals surface area contributed by atoms with E-state index in [4.69, 9.17) is 11.6 Å². The first kappa shape index (κ1) is 17.6. The van der Waals surface area contributed by atoms with E-state index in [-0.39, 0.29) is 22.3 Å². The summed E-state index contributed by atoms with van der Waals surface area (Å²) < 4.78 is 0. The molecule has 6 nitrogen and oxygen atoms in total. The number of carbonyl (C=O) groups excluding carboxylic acids is 1. The third kappa shape index (κ3) is 3.87. The fourth-order valence-corrected chi connectivity index (χ4v) is 2.56. The number of benzene rings is 2. The van der Waals surface area contributed by atoms with Gasteiger partial charge in [0.25, 0.3) is 0 Å². The van der Waals surface area contributed by atoms with Gasteiger partial charge in [-0.25, -0.2) is 4.99 Å². The summed E-state index contributed by atoms with van der Waals surface area (Å²) >= 11 is 5.94. The molecule has 7 heteroatoms. The number of hydrogen-bond donors (Lipinski definition) is 4. The fourth-order valence-electron chi connectivity index (χ4n) is 2.38. The first-order valence-corrected chi connectivity index (χ1v) is 8.13. The summed E-state index contributed by atoms with van der Waals surface area (Å²) in [5.74, 6) is -0.116. The first-order valence-electron chi connectivity index (χ1n) is 7.75. The lowest BCUT2D eigenvalue weighted by Gasteiger charge is -2.14. The molecule has 1 aliphatic rings. The quantitative estimate of drug-likeness (QED) is 0.476. The molecule has 0 fully saturated rings. The molecule has 0 bridgehead atoms. The Labute approximate surface area is 155 Å². The van der Waals surface area contributed by atoms with Gasteiger partial charge < -0.3 is 20.8 Å². The van der Waals surface area contributed by atoms with Gasteiger partial charge in [-0.15, -0.1) is 0 Å². The summed E-state index contributed by atoms with van der Waals surface area (Å²) in [5.41, 5.74) is 2.87. The zero-order chi connectivity index (χ0) is 18.7. The topological polar surface area (TPSA) is 94.0 Å². The van der Waals surface area contributed by atoms with Crippen molar-refractivity contribution in [1.82, 2.24) is 0 Å². The largest absolute Gasteiger partial charge is 0.506 e. The highest BCUT2D eigenvalue weighted by Crippen LogP contribution is 2.38. The Morgan fingerprint density at radius 2 is 1.69 bits per heavy atom. The smallest absolute Gasteiger partial charge is 0.178 e. The molecule has 0 spiro atoms. The molecular formula is C19H16ClN3O3. The second kappa shape index (κ2) is 7.33. The molecule has 0 radical (unpaired) electrons. The van der Waals surface area contributed by atoms with E-state index in [0.717, 1.165) is 0 Å². The van der Waals surface area contributed by atoms with Crippen molar-refractivity contribution in [1.29, 1.82) is 0 Å². The van der Waals surface area contributed by atoms with E-state index >= 15 is 0 Å². The second-order valence-corrected chi connectivity index (χ2v) is 5.94. The number of aromatic hydroxyl groups is 2. The van der Waals surface area contributed by atoms with Crippen LogP contribution < -0.4 is 10.6 Å². The number of anilines is 3. The van der Waals surface area contributed by atoms with E-state index < -0.39 is 0 Å². The van der Waals surface area contributed by atoms with Crippen LogP contribution in [0.5, 0.6) is 11.5 Å². The van der Waals surface area contributed by atoms with Crippen molar-refractivity contribution >= 4 is 45.8 Å². The Morgan fingerprint density at radius 3 is 2.35 bits per heavy atom. The van der Waals surface area contributed by atoms with Crippen molar-refractivity contribution in [3.05, 3.63) is 59.7 Å². The predicted molar refractivity (Wildman–Crippen MR) is 104 cm³/mol. The number of rotatable bonds is 4.